The summed E-state index contributed by atoms with van der Waals surface area (Å²) in [6.45, 7) is 4.99. The maximum absolute atomic E-state index is 11.9. The standard InChI is InChI=1S/C15H15NO5/c1-15(2,3)14(20)21-10-7-8-5-4-6-9(17)11(8)16-12(10)13(18)19/h4-7,17H,1-3H3,(H,18,19). The zero-order chi connectivity index (χ0) is 15.8. The van der Waals surface area contributed by atoms with E-state index in [9.17, 15) is 19.8 Å². The van der Waals surface area contributed by atoms with Gasteiger partial charge in [-0.25, -0.2) is 9.78 Å². The largest absolute Gasteiger partial charge is 0.506 e. The second-order valence-corrected chi connectivity index (χ2v) is 5.63. The molecule has 2 aromatic rings. The van der Waals surface area contributed by atoms with Gasteiger partial charge in [0.1, 0.15) is 11.3 Å². The Morgan fingerprint density at radius 1 is 1.24 bits per heavy atom. The van der Waals surface area contributed by atoms with E-state index in [0.717, 1.165) is 0 Å². The highest BCUT2D eigenvalue weighted by molar-refractivity contribution is 5.96. The molecule has 1 aromatic carbocycles. The van der Waals surface area contributed by atoms with Crippen LogP contribution in [0.25, 0.3) is 10.9 Å². The number of pyridine rings is 1. The minimum Gasteiger partial charge on any atom is -0.506 e. The molecule has 0 atom stereocenters. The Labute approximate surface area is 121 Å². The third-order valence-electron chi connectivity index (χ3n) is 2.81. The molecule has 1 aromatic heterocycles. The number of nitrogens with zero attached hydrogens (tertiary/aromatic N) is 1. The first kappa shape index (κ1) is 14.8. The van der Waals surface area contributed by atoms with Crippen molar-refractivity contribution < 1.29 is 24.5 Å². The summed E-state index contributed by atoms with van der Waals surface area (Å²) in [5.41, 5.74) is -1.05. The molecular weight excluding hydrogens is 274 g/mol. The van der Waals surface area contributed by atoms with Gasteiger partial charge in [0, 0.05) is 5.39 Å². The van der Waals surface area contributed by atoms with E-state index in [1.807, 2.05) is 0 Å². The average molecular weight is 289 g/mol. The number of hydrogen-bond acceptors (Lipinski definition) is 5. The minimum atomic E-state index is -1.34. The molecule has 0 aliphatic heterocycles. The van der Waals surface area contributed by atoms with Gasteiger partial charge >= 0.3 is 11.9 Å². The molecule has 0 fully saturated rings. The van der Waals surface area contributed by atoms with E-state index >= 15 is 0 Å². The Morgan fingerprint density at radius 2 is 1.90 bits per heavy atom. The Kier molecular flexibility index (Phi) is 3.55. The highest BCUT2D eigenvalue weighted by Gasteiger charge is 2.26. The molecule has 0 radical (unpaired) electrons. The summed E-state index contributed by atoms with van der Waals surface area (Å²) in [5, 5.41) is 19.4. The first-order valence-corrected chi connectivity index (χ1v) is 6.28. The van der Waals surface area contributed by atoms with Crippen molar-refractivity contribution in [2.24, 2.45) is 5.41 Å². The number of rotatable bonds is 2. The number of carbonyl (C=O) groups is 2. The fourth-order valence-electron chi connectivity index (χ4n) is 1.65. The maximum Gasteiger partial charge on any atom is 0.358 e. The van der Waals surface area contributed by atoms with Crippen LogP contribution in [0.5, 0.6) is 11.5 Å². The maximum atomic E-state index is 11.9. The second kappa shape index (κ2) is 5.05. The molecular formula is C15H15NO5. The van der Waals surface area contributed by atoms with E-state index in [4.69, 9.17) is 4.74 Å². The van der Waals surface area contributed by atoms with E-state index in [1.54, 1.807) is 32.9 Å². The topological polar surface area (TPSA) is 96.7 Å². The fourth-order valence-corrected chi connectivity index (χ4v) is 1.65. The SMILES string of the molecule is CC(C)(C)C(=O)Oc1cc2cccc(O)c2nc1C(=O)O. The molecule has 0 amide bonds. The first-order chi connectivity index (χ1) is 9.70. The second-order valence-electron chi connectivity index (χ2n) is 5.63. The van der Waals surface area contributed by atoms with Crippen LogP contribution in [-0.2, 0) is 4.79 Å². The van der Waals surface area contributed by atoms with Crippen LogP contribution in [-0.4, -0.2) is 27.1 Å². The molecule has 0 spiro atoms. The molecule has 6 heteroatoms. The zero-order valence-electron chi connectivity index (χ0n) is 11.9. The van der Waals surface area contributed by atoms with Crippen LogP contribution in [0.3, 0.4) is 0 Å². The quantitative estimate of drug-likeness (QED) is 0.825. The van der Waals surface area contributed by atoms with Crippen molar-refractivity contribution in [3.8, 4) is 11.5 Å². The van der Waals surface area contributed by atoms with E-state index in [0.29, 0.717) is 5.39 Å². The number of carboxylic acids is 1. The van der Waals surface area contributed by atoms with Crippen molar-refractivity contribution in [3.05, 3.63) is 30.0 Å². The number of para-hydroxylation sites is 1. The van der Waals surface area contributed by atoms with Gasteiger partial charge in [-0.2, -0.15) is 0 Å². The number of ether oxygens (including phenoxy) is 1. The first-order valence-electron chi connectivity index (χ1n) is 6.28. The number of aromatic hydroxyl groups is 1. The average Bonchev–Trinajstić information content (AvgIpc) is 2.37. The molecule has 0 saturated heterocycles. The number of aromatic carboxylic acids is 1. The van der Waals surface area contributed by atoms with Gasteiger partial charge in [0.05, 0.1) is 5.41 Å². The van der Waals surface area contributed by atoms with Crippen molar-refractivity contribution in [1.82, 2.24) is 4.98 Å². The van der Waals surface area contributed by atoms with E-state index in [1.165, 1.54) is 12.1 Å². The number of carbonyl (C=O) groups excluding carboxylic acids is 1. The predicted octanol–water partition coefficient (Wildman–Crippen LogP) is 2.59. The van der Waals surface area contributed by atoms with Gasteiger partial charge in [0.2, 0.25) is 0 Å². The summed E-state index contributed by atoms with van der Waals surface area (Å²) >= 11 is 0. The van der Waals surface area contributed by atoms with Gasteiger partial charge in [0.15, 0.2) is 11.4 Å². The Hall–Kier alpha value is -2.63. The number of phenols is 1. The molecule has 0 saturated carbocycles. The van der Waals surface area contributed by atoms with Gasteiger partial charge in [-0.15, -0.1) is 0 Å². The van der Waals surface area contributed by atoms with Crippen LogP contribution in [0.1, 0.15) is 31.3 Å². The Balaban J connectivity index is 2.59. The molecule has 2 rings (SSSR count). The number of aromatic nitrogens is 1. The number of hydrogen-bond donors (Lipinski definition) is 2. The molecule has 1 heterocycles. The smallest absolute Gasteiger partial charge is 0.358 e. The van der Waals surface area contributed by atoms with E-state index in [2.05, 4.69) is 4.98 Å². The van der Waals surface area contributed by atoms with Crippen LogP contribution < -0.4 is 4.74 Å². The number of phenolic OH excluding ortho intramolecular Hbond substituents is 1. The van der Waals surface area contributed by atoms with Crippen LogP contribution >= 0.6 is 0 Å². The highest BCUT2D eigenvalue weighted by atomic mass is 16.5. The van der Waals surface area contributed by atoms with Crippen LogP contribution in [0.2, 0.25) is 0 Å². The lowest BCUT2D eigenvalue weighted by atomic mass is 9.97. The number of fused-ring (bicyclic) bond motifs is 1. The van der Waals surface area contributed by atoms with Gasteiger partial charge in [-0.05, 0) is 32.9 Å². The third kappa shape index (κ3) is 2.94. The fraction of sp³-hybridized carbons (Fsp3) is 0.267. The Morgan fingerprint density at radius 3 is 2.48 bits per heavy atom. The summed E-state index contributed by atoms with van der Waals surface area (Å²) < 4.78 is 5.16. The zero-order valence-corrected chi connectivity index (χ0v) is 11.9. The predicted molar refractivity (Wildman–Crippen MR) is 75.5 cm³/mol. The lowest BCUT2D eigenvalue weighted by Gasteiger charge is -2.17. The normalized spacial score (nSPS) is 11.4. The monoisotopic (exact) mass is 289 g/mol. The Bertz CT molecular complexity index is 731. The minimum absolute atomic E-state index is 0.135. The summed E-state index contributed by atoms with van der Waals surface area (Å²) in [4.78, 5) is 27.1. The van der Waals surface area contributed by atoms with E-state index in [-0.39, 0.29) is 17.0 Å². The summed E-state index contributed by atoms with van der Waals surface area (Å²) in [7, 11) is 0. The van der Waals surface area contributed by atoms with Gasteiger partial charge in [-0.1, -0.05) is 12.1 Å². The van der Waals surface area contributed by atoms with Crippen molar-refractivity contribution in [1.29, 1.82) is 0 Å². The van der Waals surface area contributed by atoms with Gasteiger partial charge in [0.25, 0.3) is 0 Å². The molecule has 21 heavy (non-hydrogen) atoms. The molecule has 0 unspecified atom stereocenters. The number of esters is 1. The van der Waals surface area contributed by atoms with E-state index < -0.39 is 23.0 Å². The summed E-state index contributed by atoms with van der Waals surface area (Å²) in [5.74, 6) is -2.17. The van der Waals surface area contributed by atoms with Gasteiger partial charge in [-0.3, -0.25) is 4.79 Å². The summed E-state index contributed by atoms with van der Waals surface area (Å²) in [6.07, 6.45) is 0. The molecule has 6 nitrogen and oxygen atoms in total. The highest BCUT2D eigenvalue weighted by Crippen LogP contribution is 2.29. The van der Waals surface area contributed by atoms with Crippen molar-refractivity contribution >= 4 is 22.8 Å². The number of carboxylic acid groups (broad SMARTS) is 1. The molecule has 110 valence electrons. The molecule has 0 aliphatic rings. The molecule has 0 aliphatic carbocycles. The van der Waals surface area contributed by atoms with Crippen molar-refractivity contribution in [2.75, 3.05) is 0 Å². The van der Waals surface area contributed by atoms with Crippen molar-refractivity contribution in [3.63, 3.8) is 0 Å². The molecule has 2 N–H and O–H groups in total. The molecule has 0 bridgehead atoms. The van der Waals surface area contributed by atoms with Crippen LogP contribution in [0.15, 0.2) is 24.3 Å². The number of benzene rings is 1. The third-order valence-corrected chi connectivity index (χ3v) is 2.81. The van der Waals surface area contributed by atoms with Gasteiger partial charge < -0.3 is 14.9 Å². The summed E-state index contributed by atoms with van der Waals surface area (Å²) in [6, 6.07) is 6.02. The lowest BCUT2D eigenvalue weighted by Crippen LogP contribution is -2.26. The lowest BCUT2D eigenvalue weighted by molar-refractivity contribution is -0.143. The van der Waals surface area contributed by atoms with Crippen LogP contribution in [0.4, 0.5) is 0 Å². The van der Waals surface area contributed by atoms with Crippen molar-refractivity contribution in [2.45, 2.75) is 20.8 Å². The van der Waals surface area contributed by atoms with Crippen LogP contribution in [0, 0.1) is 5.41 Å².